The number of amides is 3. The third-order valence-electron chi connectivity index (χ3n) is 17.8. The molecule has 6 unspecified atom stereocenters. The molecule has 0 bridgehead atoms. The fourth-order valence-corrected chi connectivity index (χ4v) is 13.6. The second-order valence-corrected chi connectivity index (χ2v) is 25.5. The summed E-state index contributed by atoms with van der Waals surface area (Å²) < 4.78 is 83.3. The van der Waals surface area contributed by atoms with Crippen molar-refractivity contribution in [2.24, 2.45) is 17.8 Å². The van der Waals surface area contributed by atoms with Crippen LogP contribution in [-0.2, 0) is 67.5 Å². The van der Waals surface area contributed by atoms with E-state index in [-0.39, 0.29) is 83.8 Å². The molecule has 3 aliphatic heterocycles. The summed E-state index contributed by atoms with van der Waals surface area (Å²) in [7, 11) is 8.77. The van der Waals surface area contributed by atoms with Gasteiger partial charge < -0.3 is 67.7 Å². The number of nitrogens with zero attached hydrogens (tertiary/aromatic N) is 10. The largest absolute Gasteiger partial charge is 0.495 e. The van der Waals surface area contributed by atoms with E-state index in [1.807, 2.05) is 16.8 Å². The predicted octanol–water partition coefficient (Wildman–Crippen LogP) is 10.5. The van der Waals surface area contributed by atoms with Crippen LogP contribution in [0.3, 0.4) is 0 Å². The Kier molecular flexibility index (Phi) is 26.0. The highest BCUT2D eigenvalue weighted by atomic mass is 35.5. The number of carbonyl (C=O) groups is 3. The molecule has 9 heterocycles. The number of hydrogen-bond acceptors (Lipinski definition) is 19. The maximum absolute atomic E-state index is 14.8. The van der Waals surface area contributed by atoms with Gasteiger partial charge in [-0.2, -0.15) is 5.10 Å². The molecule has 0 saturated carbocycles. The van der Waals surface area contributed by atoms with Gasteiger partial charge >= 0.3 is 0 Å². The minimum Gasteiger partial charge on any atom is -0.495 e. The SMILES string of the molecule is C=CC(=O)NC1CCOCC1Cc1ncc2c(ccn2Cc2c(Cl)c(OC)cc(OC)c2Cl)n1.C=CC(=O)NC1CCOCC1Cc1ncc2c(ccn2Cc2c(F)c(OC)cc(OC)c2F)n1.C=CC(=O)NC1CCOCC1Cc1ncc2c(cnn2Cc2c(Cl)c(OC)cc(OC)c2Cl)n1. The summed E-state index contributed by atoms with van der Waals surface area (Å²) in [6.07, 6.45) is 18.1. The van der Waals surface area contributed by atoms with Crippen molar-refractivity contribution >= 4 is 97.2 Å². The molecule has 3 N–H and O–H groups in total. The van der Waals surface area contributed by atoms with Gasteiger partial charge in [-0.1, -0.05) is 66.1 Å². The summed E-state index contributed by atoms with van der Waals surface area (Å²) >= 11 is 26.1. The molecule has 3 amide bonds. The van der Waals surface area contributed by atoms with Crippen molar-refractivity contribution < 1.29 is 65.8 Å². The van der Waals surface area contributed by atoms with Gasteiger partial charge in [0.15, 0.2) is 23.1 Å². The van der Waals surface area contributed by atoms with Crippen LogP contribution in [0.15, 0.2) is 105 Å². The fourth-order valence-electron chi connectivity index (χ4n) is 12.3. The lowest BCUT2D eigenvalue weighted by Gasteiger charge is -2.31. The number of carbonyl (C=O) groups excluding carboxylic acids is 3. The molecule has 25 nitrogen and oxygen atoms in total. The molecule has 6 aromatic heterocycles. The zero-order chi connectivity index (χ0) is 72.7. The van der Waals surface area contributed by atoms with Gasteiger partial charge in [0.2, 0.25) is 17.7 Å². The van der Waals surface area contributed by atoms with Crippen LogP contribution >= 0.6 is 46.4 Å². The Morgan fingerprint density at radius 2 is 0.824 bits per heavy atom. The Labute approximate surface area is 606 Å². The number of ether oxygens (including phenoxy) is 9. The van der Waals surface area contributed by atoms with Crippen molar-refractivity contribution in [2.75, 3.05) is 82.3 Å². The second-order valence-electron chi connectivity index (χ2n) is 24.0. The molecular formula is C71H77Cl4F2N13O12. The average molecular weight is 1480 g/mol. The minimum absolute atomic E-state index is 0.00419. The zero-order valence-corrected chi connectivity index (χ0v) is 59.9. The molecule has 31 heteroatoms. The van der Waals surface area contributed by atoms with Gasteiger partial charge in [0, 0.05) is 117 Å². The van der Waals surface area contributed by atoms with Gasteiger partial charge in [0.25, 0.3) is 0 Å². The average Bonchev–Trinajstić information content (AvgIpc) is 1.63. The molecule has 540 valence electrons. The predicted molar refractivity (Wildman–Crippen MR) is 381 cm³/mol. The van der Waals surface area contributed by atoms with Crippen LogP contribution in [0.2, 0.25) is 20.1 Å². The van der Waals surface area contributed by atoms with E-state index in [2.05, 4.69) is 65.7 Å². The van der Waals surface area contributed by atoms with Gasteiger partial charge in [-0.3, -0.25) is 19.1 Å². The normalized spacial score (nSPS) is 18.0. The molecule has 3 aromatic carbocycles. The first-order valence-corrected chi connectivity index (χ1v) is 33.9. The van der Waals surface area contributed by atoms with E-state index < -0.39 is 11.6 Å². The molecule has 3 aliphatic rings. The monoisotopic (exact) mass is 1480 g/mol. The van der Waals surface area contributed by atoms with E-state index in [4.69, 9.17) is 94.0 Å². The van der Waals surface area contributed by atoms with E-state index in [9.17, 15) is 23.2 Å². The molecule has 0 radical (unpaired) electrons. The summed E-state index contributed by atoms with van der Waals surface area (Å²) in [5, 5.41) is 15.0. The Morgan fingerprint density at radius 3 is 1.19 bits per heavy atom. The van der Waals surface area contributed by atoms with E-state index in [1.165, 1.54) is 52.7 Å². The smallest absolute Gasteiger partial charge is 0.243 e. The van der Waals surface area contributed by atoms with Crippen LogP contribution in [0.25, 0.3) is 33.1 Å². The van der Waals surface area contributed by atoms with E-state index in [1.54, 1.807) is 72.7 Å². The second kappa shape index (κ2) is 35.1. The number of fused-ring (bicyclic) bond motifs is 3. The minimum atomic E-state index is -0.787. The topological polar surface area (TPSA) is 275 Å². The number of rotatable bonds is 24. The molecule has 9 aromatic rings. The maximum Gasteiger partial charge on any atom is 0.243 e. The number of aromatic nitrogens is 10. The van der Waals surface area contributed by atoms with Crippen LogP contribution in [-0.4, -0.2) is 167 Å². The van der Waals surface area contributed by atoms with Gasteiger partial charge in [0.05, 0.1) is 155 Å². The Balaban J connectivity index is 0.000000165. The highest BCUT2D eigenvalue weighted by Crippen LogP contribution is 2.43. The van der Waals surface area contributed by atoms with E-state index >= 15 is 0 Å². The molecule has 0 spiro atoms. The Bertz CT molecular complexity index is 4010. The quantitative estimate of drug-likeness (QED) is 0.0474. The summed E-state index contributed by atoms with van der Waals surface area (Å²) in [5.41, 5.74) is 5.45. The van der Waals surface area contributed by atoms with Crippen LogP contribution in [0.4, 0.5) is 8.78 Å². The third kappa shape index (κ3) is 17.6. The van der Waals surface area contributed by atoms with Crippen molar-refractivity contribution in [1.29, 1.82) is 0 Å². The van der Waals surface area contributed by atoms with Crippen molar-refractivity contribution in [3.8, 4) is 34.5 Å². The number of nitrogens with one attached hydrogen (secondary N) is 3. The molecule has 6 atom stereocenters. The van der Waals surface area contributed by atoms with E-state index in [0.29, 0.717) is 160 Å². The summed E-state index contributed by atoms with van der Waals surface area (Å²) in [5.74, 6) is 1.62. The molecule has 3 fully saturated rings. The van der Waals surface area contributed by atoms with Crippen LogP contribution in [0, 0.1) is 29.4 Å². The number of methoxy groups -OCH3 is 6. The highest BCUT2D eigenvalue weighted by Gasteiger charge is 2.32. The number of benzene rings is 3. The first kappa shape index (κ1) is 75.4. The van der Waals surface area contributed by atoms with Crippen LogP contribution in [0.1, 0.15) is 53.4 Å². The standard InChI is InChI=1S/C24H26Cl2N4O4.C24H26F2N4O4.C23H25Cl2N5O4/c2*1-4-22(31)29-16-6-8-34-13-14(16)9-21-27-11-18-17(28-21)5-7-30(18)12-15-23(25)19(32-2)10-20(33-3)24(15)26;1-4-21(31)29-15-5-6-34-12-13(15)7-20-26-10-17-16(28-20)9-27-30(17)11-14-22(24)18(32-2)8-19(33-3)23(14)25/h2*4-5,7,10-11,14,16H,1,6,8-9,12-13H2,2-3H3,(H,29,31);4,8-10,13,15H,1,5-7,11-12H2,2-3H3,(H,29,31). The summed E-state index contributed by atoms with van der Waals surface area (Å²) in [6, 6.07) is 8.09. The number of halogens is 6. The Morgan fingerprint density at radius 1 is 0.490 bits per heavy atom. The van der Waals surface area contributed by atoms with Crippen molar-refractivity contribution in [1.82, 2.24) is 64.8 Å². The maximum atomic E-state index is 14.8. The lowest BCUT2D eigenvalue weighted by Crippen LogP contribution is -2.46. The molecule has 0 aliphatic carbocycles. The Hall–Kier alpha value is -9.22. The van der Waals surface area contributed by atoms with Gasteiger partial charge in [0.1, 0.15) is 51.5 Å². The van der Waals surface area contributed by atoms with E-state index in [0.717, 1.165) is 29.4 Å². The van der Waals surface area contributed by atoms with Crippen molar-refractivity contribution in [3.63, 3.8) is 0 Å². The lowest BCUT2D eigenvalue weighted by molar-refractivity contribution is -0.119. The highest BCUT2D eigenvalue weighted by molar-refractivity contribution is 6.38. The third-order valence-corrected chi connectivity index (χ3v) is 19.5. The number of hydrogen-bond donors (Lipinski definition) is 3. The molecular weight excluding hydrogens is 1410 g/mol. The summed E-state index contributed by atoms with van der Waals surface area (Å²) in [6.45, 7) is 14.5. The van der Waals surface area contributed by atoms with Gasteiger partial charge in [-0.05, 0) is 49.6 Å². The summed E-state index contributed by atoms with van der Waals surface area (Å²) in [4.78, 5) is 63.0. The lowest BCUT2D eigenvalue weighted by atomic mass is 9.92. The first-order chi connectivity index (χ1) is 49.3. The zero-order valence-electron chi connectivity index (χ0n) is 56.9. The van der Waals surface area contributed by atoms with Gasteiger partial charge in [-0.25, -0.2) is 38.7 Å². The van der Waals surface area contributed by atoms with Gasteiger partial charge in [-0.15, -0.1) is 0 Å². The fraction of sp³-hybridized carbons (Fsp3) is 0.380. The molecule has 102 heavy (non-hydrogen) atoms. The van der Waals surface area contributed by atoms with Crippen LogP contribution in [0.5, 0.6) is 34.5 Å². The van der Waals surface area contributed by atoms with Crippen LogP contribution < -0.4 is 44.4 Å². The first-order valence-electron chi connectivity index (χ1n) is 32.4. The molecule has 3 saturated heterocycles. The van der Waals surface area contributed by atoms with Crippen molar-refractivity contribution in [3.05, 3.63) is 171 Å². The molecule has 12 rings (SSSR count). The van der Waals surface area contributed by atoms with Crippen molar-refractivity contribution in [2.45, 2.75) is 76.3 Å².